The van der Waals surface area contributed by atoms with Crippen LogP contribution in [0.15, 0.2) is 47.3 Å². The number of carbonyl (C=O) groups excluding carboxylic acids is 1. The fourth-order valence-corrected chi connectivity index (χ4v) is 1.56. The number of hydrogen-bond donors (Lipinski definition) is 2. The lowest BCUT2D eigenvalue weighted by Gasteiger charge is -2.07. The molecule has 106 valence electrons. The van der Waals surface area contributed by atoms with E-state index in [9.17, 15) is 4.79 Å². The summed E-state index contributed by atoms with van der Waals surface area (Å²) in [6, 6.07) is 6.98. The van der Waals surface area contributed by atoms with Crippen LogP contribution in [0.25, 0.3) is 0 Å². The van der Waals surface area contributed by atoms with Crippen molar-refractivity contribution in [3.8, 4) is 0 Å². The number of nitrogens with zero attached hydrogens (tertiary/aromatic N) is 1. The topological polar surface area (TPSA) is 76.4 Å². The minimum atomic E-state index is -0.246. The van der Waals surface area contributed by atoms with E-state index in [4.69, 9.17) is 9.15 Å². The number of urea groups is 1. The van der Waals surface area contributed by atoms with Crippen molar-refractivity contribution in [2.24, 2.45) is 0 Å². The Morgan fingerprint density at radius 1 is 1.35 bits per heavy atom. The number of pyridine rings is 1. The number of ether oxygens (including phenoxy) is 1. The van der Waals surface area contributed by atoms with E-state index < -0.39 is 0 Å². The van der Waals surface area contributed by atoms with Gasteiger partial charge in [-0.05, 0) is 30.7 Å². The third-order valence-corrected chi connectivity index (χ3v) is 2.49. The average molecular weight is 275 g/mol. The van der Waals surface area contributed by atoms with Crippen molar-refractivity contribution in [2.45, 2.75) is 13.0 Å². The van der Waals surface area contributed by atoms with Gasteiger partial charge in [0.1, 0.15) is 12.4 Å². The van der Waals surface area contributed by atoms with Gasteiger partial charge >= 0.3 is 6.03 Å². The molecule has 2 N–H and O–H groups in total. The number of hydrogen-bond acceptors (Lipinski definition) is 4. The number of furan rings is 1. The summed E-state index contributed by atoms with van der Waals surface area (Å²) < 4.78 is 10.5. The molecule has 2 aromatic rings. The molecule has 2 aromatic heterocycles. The molecule has 0 fully saturated rings. The zero-order valence-corrected chi connectivity index (χ0v) is 11.0. The van der Waals surface area contributed by atoms with E-state index >= 15 is 0 Å². The van der Waals surface area contributed by atoms with E-state index in [0.29, 0.717) is 25.4 Å². The van der Waals surface area contributed by atoms with Gasteiger partial charge < -0.3 is 19.8 Å². The maximum absolute atomic E-state index is 11.5. The van der Waals surface area contributed by atoms with Crippen LogP contribution < -0.4 is 10.6 Å². The molecular weight excluding hydrogens is 258 g/mol. The highest BCUT2D eigenvalue weighted by atomic mass is 16.5. The van der Waals surface area contributed by atoms with E-state index in [0.717, 1.165) is 12.2 Å². The molecule has 2 amide bonds. The molecule has 0 saturated carbocycles. The summed E-state index contributed by atoms with van der Waals surface area (Å²) >= 11 is 0. The Morgan fingerprint density at radius 2 is 2.30 bits per heavy atom. The van der Waals surface area contributed by atoms with Gasteiger partial charge in [0.15, 0.2) is 0 Å². The van der Waals surface area contributed by atoms with E-state index in [1.807, 2.05) is 12.1 Å². The lowest BCUT2D eigenvalue weighted by Crippen LogP contribution is -2.30. The Kier molecular flexibility index (Phi) is 5.60. The molecule has 0 unspecified atom stereocenters. The molecule has 0 aliphatic carbocycles. The van der Waals surface area contributed by atoms with Crippen molar-refractivity contribution >= 4 is 11.7 Å². The van der Waals surface area contributed by atoms with Gasteiger partial charge in [-0.2, -0.15) is 0 Å². The standard InChI is InChI=1S/C14H17N3O3/c18-14(17-12-4-1-6-15-10-12)16-7-3-8-19-11-13-5-2-9-20-13/h1-2,4-6,9-10H,3,7-8,11H2,(H2,16,17,18). The maximum Gasteiger partial charge on any atom is 0.319 e. The number of rotatable bonds is 7. The number of anilines is 1. The van der Waals surface area contributed by atoms with Gasteiger partial charge in [0, 0.05) is 19.3 Å². The molecule has 0 aromatic carbocycles. The molecule has 6 heteroatoms. The lowest BCUT2D eigenvalue weighted by atomic mass is 10.4. The van der Waals surface area contributed by atoms with E-state index in [1.54, 1.807) is 30.8 Å². The largest absolute Gasteiger partial charge is 0.467 e. The first-order valence-corrected chi connectivity index (χ1v) is 6.39. The molecule has 2 heterocycles. The highest BCUT2D eigenvalue weighted by molar-refractivity contribution is 5.88. The molecule has 0 atom stereocenters. The Balaban J connectivity index is 1.51. The summed E-state index contributed by atoms with van der Waals surface area (Å²) in [4.78, 5) is 15.4. The second kappa shape index (κ2) is 7.96. The third-order valence-electron chi connectivity index (χ3n) is 2.49. The quantitative estimate of drug-likeness (QED) is 0.761. The molecule has 20 heavy (non-hydrogen) atoms. The van der Waals surface area contributed by atoms with Crippen LogP contribution in [0.1, 0.15) is 12.2 Å². The first-order chi connectivity index (χ1) is 9.84. The summed E-state index contributed by atoms with van der Waals surface area (Å²) in [5, 5.41) is 5.43. The van der Waals surface area contributed by atoms with Gasteiger partial charge in [0.2, 0.25) is 0 Å². The van der Waals surface area contributed by atoms with Crippen molar-refractivity contribution in [1.82, 2.24) is 10.3 Å². The zero-order valence-electron chi connectivity index (χ0n) is 11.0. The van der Waals surface area contributed by atoms with Crippen molar-refractivity contribution in [1.29, 1.82) is 0 Å². The molecular formula is C14H17N3O3. The van der Waals surface area contributed by atoms with Gasteiger partial charge in [0.05, 0.1) is 18.1 Å². The highest BCUT2D eigenvalue weighted by Crippen LogP contribution is 2.02. The minimum absolute atomic E-state index is 0.246. The molecule has 0 aliphatic rings. The second-order valence-corrected chi connectivity index (χ2v) is 4.11. The molecule has 0 spiro atoms. The SMILES string of the molecule is O=C(NCCCOCc1ccco1)Nc1cccnc1. The first-order valence-electron chi connectivity index (χ1n) is 6.39. The summed E-state index contributed by atoms with van der Waals surface area (Å²) in [6.45, 7) is 1.56. The molecule has 0 bridgehead atoms. The van der Waals surface area contributed by atoms with Crippen LogP contribution in [0.2, 0.25) is 0 Å². The van der Waals surface area contributed by atoms with Crippen LogP contribution in [0.4, 0.5) is 10.5 Å². The molecule has 2 rings (SSSR count). The Morgan fingerprint density at radius 3 is 3.05 bits per heavy atom. The molecule has 0 aliphatic heterocycles. The van der Waals surface area contributed by atoms with E-state index in [1.165, 1.54) is 0 Å². The smallest absolute Gasteiger partial charge is 0.319 e. The maximum atomic E-state index is 11.5. The number of nitrogens with one attached hydrogen (secondary N) is 2. The van der Waals surface area contributed by atoms with Crippen LogP contribution in [-0.4, -0.2) is 24.2 Å². The number of carbonyl (C=O) groups is 1. The molecule has 0 radical (unpaired) electrons. The summed E-state index contributed by atoms with van der Waals surface area (Å²) in [5.74, 6) is 0.798. The predicted octanol–water partition coefficient (Wildman–Crippen LogP) is 2.40. The summed E-state index contributed by atoms with van der Waals surface area (Å²) in [5.41, 5.74) is 0.666. The number of amides is 2. The Labute approximate surface area is 117 Å². The van der Waals surface area contributed by atoms with Gasteiger partial charge in [-0.1, -0.05) is 0 Å². The highest BCUT2D eigenvalue weighted by Gasteiger charge is 2.00. The van der Waals surface area contributed by atoms with Gasteiger partial charge in [-0.15, -0.1) is 0 Å². The van der Waals surface area contributed by atoms with Gasteiger partial charge in [-0.25, -0.2) is 4.79 Å². The van der Waals surface area contributed by atoms with E-state index in [-0.39, 0.29) is 6.03 Å². The average Bonchev–Trinajstić information content (AvgIpc) is 2.97. The van der Waals surface area contributed by atoms with E-state index in [2.05, 4.69) is 15.6 Å². The number of aromatic nitrogens is 1. The summed E-state index contributed by atoms with van der Waals surface area (Å²) in [7, 11) is 0. The second-order valence-electron chi connectivity index (χ2n) is 4.11. The third kappa shape index (κ3) is 5.11. The van der Waals surface area contributed by atoms with Crippen molar-refractivity contribution in [2.75, 3.05) is 18.5 Å². The van der Waals surface area contributed by atoms with Gasteiger partial charge in [-0.3, -0.25) is 4.98 Å². The molecule has 0 saturated heterocycles. The zero-order chi connectivity index (χ0) is 14.0. The van der Waals surface area contributed by atoms with Gasteiger partial charge in [0.25, 0.3) is 0 Å². The Bertz CT molecular complexity index is 500. The van der Waals surface area contributed by atoms with Crippen molar-refractivity contribution in [3.05, 3.63) is 48.7 Å². The fourth-order valence-electron chi connectivity index (χ4n) is 1.56. The Hall–Kier alpha value is -2.34. The molecule has 6 nitrogen and oxygen atoms in total. The van der Waals surface area contributed by atoms with Crippen molar-refractivity contribution < 1.29 is 13.9 Å². The van der Waals surface area contributed by atoms with Crippen LogP contribution in [0.3, 0.4) is 0 Å². The first kappa shape index (κ1) is 14.1. The lowest BCUT2D eigenvalue weighted by molar-refractivity contribution is 0.104. The van der Waals surface area contributed by atoms with Crippen LogP contribution >= 0.6 is 0 Å². The summed E-state index contributed by atoms with van der Waals surface area (Å²) in [6.07, 6.45) is 5.59. The van der Waals surface area contributed by atoms with Crippen LogP contribution in [0.5, 0.6) is 0 Å². The van der Waals surface area contributed by atoms with Crippen LogP contribution in [0, 0.1) is 0 Å². The fraction of sp³-hybridized carbons (Fsp3) is 0.286. The normalized spacial score (nSPS) is 10.2. The monoisotopic (exact) mass is 275 g/mol. The van der Waals surface area contributed by atoms with Crippen molar-refractivity contribution in [3.63, 3.8) is 0 Å². The predicted molar refractivity (Wildman–Crippen MR) is 74.2 cm³/mol. The van der Waals surface area contributed by atoms with Crippen LogP contribution in [-0.2, 0) is 11.3 Å². The minimum Gasteiger partial charge on any atom is -0.467 e.